The molecule has 0 aliphatic heterocycles. The van der Waals surface area contributed by atoms with E-state index >= 15 is 0 Å². The predicted molar refractivity (Wildman–Crippen MR) is 74.3 cm³/mol. The first kappa shape index (κ1) is 18.2. The van der Waals surface area contributed by atoms with Crippen LogP contribution in [0, 0.1) is 5.92 Å². The van der Waals surface area contributed by atoms with E-state index in [2.05, 4.69) is 15.8 Å². The number of carbonyl (C=O) groups is 2. The Kier molecular flexibility index (Phi) is 9.10. The van der Waals surface area contributed by atoms with Gasteiger partial charge in [0, 0.05) is 13.7 Å². The van der Waals surface area contributed by atoms with Gasteiger partial charge in [-0.3, -0.25) is 9.59 Å². The molecule has 0 saturated carbocycles. The molecule has 5 N–H and O–H groups in total. The summed E-state index contributed by atoms with van der Waals surface area (Å²) in [6.07, 6.45) is 1.14. The molecule has 8 heteroatoms. The highest BCUT2D eigenvalue weighted by Crippen LogP contribution is 2.07. The number of nitrogens with one attached hydrogen (secondary N) is 2. The summed E-state index contributed by atoms with van der Waals surface area (Å²) in [5.41, 5.74) is 5.48. The lowest BCUT2D eigenvalue weighted by Gasteiger charge is -2.18. The van der Waals surface area contributed by atoms with Crippen molar-refractivity contribution in [2.75, 3.05) is 20.3 Å². The van der Waals surface area contributed by atoms with Crippen LogP contribution in [0.1, 0.15) is 26.7 Å². The summed E-state index contributed by atoms with van der Waals surface area (Å²) in [6.45, 7) is 4.21. The standard InChI is InChI=1S/C12H24N4O4/c1-4-5-9(10(13)16-19)12(18)15-8(2)11(17)14-6-7-20-3/h8-9,19H,4-7H2,1-3H3,(H2,13,16)(H,14,17)(H,15,18). The number of ether oxygens (including phenoxy) is 1. The van der Waals surface area contributed by atoms with Gasteiger partial charge in [-0.1, -0.05) is 18.5 Å². The van der Waals surface area contributed by atoms with Crippen LogP contribution < -0.4 is 16.4 Å². The Balaban J connectivity index is 4.43. The third kappa shape index (κ3) is 6.37. The molecule has 0 heterocycles. The van der Waals surface area contributed by atoms with Gasteiger partial charge in [-0.25, -0.2) is 0 Å². The lowest BCUT2D eigenvalue weighted by Crippen LogP contribution is -2.49. The van der Waals surface area contributed by atoms with E-state index in [0.717, 1.165) is 0 Å². The predicted octanol–water partition coefficient (Wildman–Crippen LogP) is -0.584. The second-order valence-corrected chi connectivity index (χ2v) is 4.38. The number of oxime groups is 1. The molecule has 0 aliphatic rings. The molecule has 0 saturated heterocycles. The van der Waals surface area contributed by atoms with Crippen LogP contribution in [0.4, 0.5) is 0 Å². The number of nitrogens with two attached hydrogens (primary N) is 1. The van der Waals surface area contributed by atoms with Crippen molar-refractivity contribution in [3.8, 4) is 0 Å². The second kappa shape index (κ2) is 10.0. The van der Waals surface area contributed by atoms with Crippen molar-refractivity contribution >= 4 is 17.6 Å². The van der Waals surface area contributed by atoms with Crippen LogP contribution in [0.5, 0.6) is 0 Å². The van der Waals surface area contributed by atoms with Crippen LogP contribution in [0.25, 0.3) is 0 Å². The Labute approximate surface area is 118 Å². The van der Waals surface area contributed by atoms with Gasteiger partial charge in [0.2, 0.25) is 11.8 Å². The number of carbonyl (C=O) groups excluding carboxylic acids is 2. The van der Waals surface area contributed by atoms with E-state index in [-0.39, 0.29) is 11.7 Å². The quantitative estimate of drug-likeness (QED) is 0.148. The maximum Gasteiger partial charge on any atom is 0.242 e. The number of methoxy groups -OCH3 is 1. The Morgan fingerprint density at radius 3 is 2.55 bits per heavy atom. The zero-order valence-corrected chi connectivity index (χ0v) is 12.2. The van der Waals surface area contributed by atoms with Gasteiger partial charge in [-0.2, -0.15) is 0 Å². The van der Waals surface area contributed by atoms with Crippen LogP contribution in [0.2, 0.25) is 0 Å². The minimum absolute atomic E-state index is 0.156. The molecule has 0 aliphatic carbocycles. The molecule has 2 unspecified atom stereocenters. The molecule has 0 aromatic heterocycles. The summed E-state index contributed by atoms with van der Waals surface area (Å²) in [7, 11) is 1.53. The van der Waals surface area contributed by atoms with E-state index in [4.69, 9.17) is 15.7 Å². The van der Waals surface area contributed by atoms with Crippen molar-refractivity contribution < 1.29 is 19.5 Å². The topological polar surface area (TPSA) is 126 Å². The number of amidine groups is 1. The monoisotopic (exact) mass is 288 g/mol. The maximum absolute atomic E-state index is 12.0. The summed E-state index contributed by atoms with van der Waals surface area (Å²) in [6, 6.07) is -0.704. The summed E-state index contributed by atoms with van der Waals surface area (Å²) in [5, 5.41) is 16.7. The number of amides is 2. The molecule has 0 rings (SSSR count). The smallest absolute Gasteiger partial charge is 0.242 e. The SMILES string of the molecule is CCCC(C(=O)NC(C)C(=O)NCCOC)C(N)=NO. The first-order valence-electron chi connectivity index (χ1n) is 6.52. The molecule has 0 radical (unpaired) electrons. The third-order valence-electron chi connectivity index (χ3n) is 2.72. The van der Waals surface area contributed by atoms with Crippen molar-refractivity contribution in [2.45, 2.75) is 32.7 Å². The van der Waals surface area contributed by atoms with Crippen LogP contribution in [0.3, 0.4) is 0 Å². The minimum atomic E-state index is -0.737. The normalized spacial score (nSPS) is 14.4. The second-order valence-electron chi connectivity index (χ2n) is 4.38. The number of nitrogens with zero attached hydrogens (tertiary/aromatic N) is 1. The van der Waals surface area contributed by atoms with E-state index in [1.807, 2.05) is 6.92 Å². The average Bonchev–Trinajstić information content (AvgIpc) is 2.43. The summed E-state index contributed by atoms with van der Waals surface area (Å²) >= 11 is 0. The van der Waals surface area contributed by atoms with Crippen molar-refractivity contribution in [3.63, 3.8) is 0 Å². The molecule has 0 aromatic carbocycles. The molecule has 0 fully saturated rings. The van der Waals surface area contributed by atoms with Crippen molar-refractivity contribution in [1.82, 2.24) is 10.6 Å². The summed E-state index contributed by atoms with van der Waals surface area (Å²) in [5.74, 6) is -1.64. The van der Waals surface area contributed by atoms with Crippen molar-refractivity contribution in [2.24, 2.45) is 16.8 Å². The van der Waals surface area contributed by atoms with E-state index in [0.29, 0.717) is 26.0 Å². The molecule has 0 aromatic rings. The van der Waals surface area contributed by atoms with E-state index in [9.17, 15) is 9.59 Å². The lowest BCUT2D eigenvalue weighted by atomic mass is 10.0. The molecular weight excluding hydrogens is 264 g/mol. The van der Waals surface area contributed by atoms with Crippen LogP contribution in [-0.4, -0.2) is 49.2 Å². The maximum atomic E-state index is 12.0. The van der Waals surface area contributed by atoms with Crippen LogP contribution >= 0.6 is 0 Å². The van der Waals surface area contributed by atoms with Gasteiger partial charge in [-0.05, 0) is 13.3 Å². The number of hydrogen-bond donors (Lipinski definition) is 4. The molecule has 0 bridgehead atoms. The molecule has 2 atom stereocenters. The fraction of sp³-hybridized carbons (Fsp3) is 0.750. The van der Waals surface area contributed by atoms with Gasteiger partial charge in [0.1, 0.15) is 6.04 Å². The van der Waals surface area contributed by atoms with Gasteiger partial charge < -0.3 is 26.3 Å². The van der Waals surface area contributed by atoms with Gasteiger partial charge >= 0.3 is 0 Å². The number of rotatable bonds is 9. The molecule has 116 valence electrons. The first-order chi connectivity index (χ1) is 9.47. The average molecular weight is 288 g/mol. The lowest BCUT2D eigenvalue weighted by molar-refractivity contribution is -0.129. The molecule has 2 amide bonds. The summed E-state index contributed by atoms with van der Waals surface area (Å²) in [4.78, 5) is 23.7. The molecule has 20 heavy (non-hydrogen) atoms. The highest BCUT2D eigenvalue weighted by atomic mass is 16.5. The Morgan fingerprint density at radius 1 is 1.40 bits per heavy atom. The fourth-order valence-electron chi connectivity index (χ4n) is 1.58. The van der Waals surface area contributed by atoms with Crippen LogP contribution in [0.15, 0.2) is 5.16 Å². The van der Waals surface area contributed by atoms with Gasteiger partial charge in [0.25, 0.3) is 0 Å². The molecule has 8 nitrogen and oxygen atoms in total. The van der Waals surface area contributed by atoms with E-state index < -0.39 is 17.9 Å². The van der Waals surface area contributed by atoms with E-state index in [1.165, 1.54) is 7.11 Å². The van der Waals surface area contributed by atoms with Gasteiger partial charge in [-0.15, -0.1) is 0 Å². The van der Waals surface area contributed by atoms with Gasteiger partial charge in [0.15, 0.2) is 5.84 Å². The zero-order valence-electron chi connectivity index (χ0n) is 12.2. The highest BCUT2D eigenvalue weighted by Gasteiger charge is 2.25. The van der Waals surface area contributed by atoms with Gasteiger partial charge in [0.05, 0.1) is 12.5 Å². The third-order valence-corrected chi connectivity index (χ3v) is 2.72. The van der Waals surface area contributed by atoms with Crippen molar-refractivity contribution in [1.29, 1.82) is 0 Å². The Morgan fingerprint density at radius 2 is 2.05 bits per heavy atom. The minimum Gasteiger partial charge on any atom is -0.409 e. The Hall–Kier alpha value is -1.83. The largest absolute Gasteiger partial charge is 0.409 e. The van der Waals surface area contributed by atoms with Crippen molar-refractivity contribution in [3.05, 3.63) is 0 Å². The first-order valence-corrected chi connectivity index (χ1v) is 6.52. The molecule has 0 spiro atoms. The van der Waals surface area contributed by atoms with Crippen LogP contribution in [-0.2, 0) is 14.3 Å². The molecular formula is C12H24N4O4. The zero-order chi connectivity index (χ0) is 15.5. The highest BCUT2D eigenvalue weighted by molar-refractivity contribution is 6.03. The summed E-state index contributed by atoms with van der Waals surface area (Å²) < 4.78 is 4.81. The van der Waals surface area contributed by atoms with E-state index in [1.54, 1.807) is 6.92 Å². The fourth-order valence-corrected chi connectivity index (χ4v) is 1.58. The number of hydrogen-bond acceptors (Lipinski definition) is 5. The Bertz CT molecular complexity index is 346.